The maximum Gasteiger partial charge on any atom is 0.358 e. The maximum absolute atomic E-state index is 12.9. The van der Waals surface area contributed by atoms with Gasteiger partial charge >= 0.3 is 5.97 Å². The molecular formula is C20H18FNO3. The Hall–Kier alpha value is -2.95. The second-order valence-electron chi connectivity index (χ2n) is 5.99. The monoisotopic (exact) mass is 339 g/mol. The molecule has 3 rings (SSSR count). The molecule has 3 aromatic rings. The van der Waals surface area contributed by atoms with Crippen molar-refractivity contribution in [1.82, 2.24) is 5.16 Å². The molecule has 5 heteroatoms. The first-order valence-corrected chi connectivity index (χ1v) is 8.03. The van der Waals surface area contributed by atoms with Crippen molar-refractivity contribution in [3.63, 3.8) is 0 Å². The van der Waals surface area contributed by atoms with E-state index in [1.165, 1.54) is 17.7 Å². The van der Waals surface area contributed by atoms with Crippen molar-refractivity contribution in [3.8, 4) is 0 Å². The molecular weight excluding hydrogens is 321 g/mol. The lowest BCUT2D eigenvalue weighted by Gasteiger charge is -2.05. The third-order valence-electron chi connectivity index (χ3n) is 4.21. The van der Waals surface area contributed by atoms with E-state index < -0.39 is 5.97 Å². The smallest absolute Gasteiger partial charge is 0.358 e. The number of rotatable bonds is 6. The third-order valence-corrected chi connectivity index (χ3v) is 4.21. The van der Waals surface area contributed by atoms with Gasteiger partial charge in [-0.05, 0) is 48.6 Å². The molecule has 0 bridgehead atoms. The summed E-state index contributed by atoms with van der Waals surface area (Å²) in [5.74, 6) is -0.779. The van der Waals surface area contributed by atoms with Gasteiger partial charge in [0.05, 0.1) is 0 Å². The van der Waals surface area contributed by atoms with Crippen molar-refractivity contribution < 1.29 is 18.8 Å². The number of carboxylic acids is 1. The minimum absolute atomic E-state index is 0.0297. The van der Waals surface area contributed by atoms with Gasteiger partial charge in [-0.2, -0.15) is 0 Å². The van der Waals surface area contributed by atoms with Gasteiger partial charge in [0.15, 0.2) is 5.69 Å². The van der Waals surface area contributed by atoms with E-state index in [9.17, 15) is 9.18 Å². The quantitative estimate of drug-likeness (QED) is 0.731. The minimum Gasteiger partial charge on any atom is -0.476 e. The van der Waals surface area contributed by atoms with E-state index in [0.29, 0.717) is 17.7 Å². The number of carbonyl (C=O) groups is 1. The molecule has 0 spiro atoms. The zero-order valence-corrected chi connectivity index (χ0v) is 13.8. The number of hydrogen-bond donors (Lipinski definition) is 1. The Kier molecular flexibility index (Phi) is 4.93. The van der Waals surface area contributed by atoms with Gasteiger partial charge in [-0.3, -0.25) is 0 Å². The number of aryl methyl sites for hydroxylation is 3. The van der Waals surface area contributed by atoms with Crippen molar-refractivity contribution in [2.75, 3.05) is 0 Å². The molecule has 0 fully saturated rings. The first-order chi connectivity index (χ1) is 12.0. The van der Waals surface area contributed by atoms with E-state index in [4.69, 9.17) is 9.63 Å². The zero-order valence-electron chi connectivity index (χ0n) is 13.8. The standard InChI is InChI=1S/C20H18FNO3/c1-13-18(19(20(23)24)22-25-13)12-16-6-4-14(5-7-16)2-3-15-8-10-17(21)11-9-15/h4-11H,2-3,12H2,1H3,(H,23,24). The fraction of sp³-hybridized carbons (Fsp3) is 0.200. The molecule has 0 radical (unpaired) electrons. The summed E-state index contributed by atoms with van der Waals surface area (Å²) in [4.78, 5) is 11.2. The normalized spacial score (nSPS) is 10.8. The molecule has 0 aliphatic rings. The maximum atomic E-state index is 12.9. The van der Waals surface area contributed by atoms with E-state index in [1.807, 2.05) is 24.3 Å². The first kappa shape index (κ1) is 16.9. The number of benzene rings is 2. The highest BCUT2D eigenvalue weighted by molar-refractivity contribution is 5.87. The van der Waals surface area contributed by atoms with Gasteiger partial charge in [0.2, 0.25) is 0 Å². The highest BCUT2D eigenvalue weighted by Gasteiger charge is 2.18. The van der Waals surface area contributed by atoms with Crippen molar-refractivity contribution in [1.29, 1.82) is 0 Å². The predicted molar refractivity (Wildman–Crippen MR) is 91.3 cm³/mol. The van der Waals surface area contributed by atoms with E-state index in [-0.39, 0.29) is 11.5 Å². The number of aromatic nitrogens is 1. The topological polar surface area (TPSA) is 63.3 Å². The van der Waals surface area contributed by atoms with Crippen LogP contribution in [-0.2, 0) is 19.3 Å². The fourth-order valence-corrected chi connectivity index (χ4v) is 2.74. The van der Waals surface area contributed by atoms with Gasteiger partial charge in [0, 0.05) is 12.0 Å². The molecule has 0 aliphatic heterocycles. The van der Waals surface area contributed by atoms with Crippen LogP contribution in [0.3, 0.4) is 0 Å². The molecule has 0 saturated carbocycles. The summed E-state index contributed by atoms with van der Waals surface area (Å²) in [6.45, 7) is 1.71. The van der Waals surface area contributed by atoms with Crippen LogP contribution in [-0.4, -0.2) is 16.2 Å². The first-order valence-electron chi connectivity index (χ1n) is 8.03. The van der Waals surface area contributed by atoms with Gasteiger partial charge < -0.3 is 9.63 Å². The average Bonchev–Trinajstić information content (AvgIpc) is 2.97. The third kappa shape index (κ3) is 4.12. The summed E-state index contributed by atoms with van der Waals surface area (Å²) in [6, 6.07) is 14.6. The SMILES string of the molecule is Cc1onc(C(=O)O)c1Cc1ccc(CCc2ccc(F)cc2)cc1. The number of carboxylic acid groups (broad SMARTS) is 1. The number of aromatic carboxylic acids is 1. The number of halogens is 1. The van der Waals surface area contributed by atoms with Gasteiger partial charge in [0.25, 0.3) is 0 Å². The van der Waals surface area contributed by atoms with E-state index in [1.54, 1.807) is 19.1 Å². The molecule has 25 heavy (non-hydrogen) atoms. The Morgan fingerprint density at radius 3 is 2.08 bits per heavy atom. The van der Waals surface area contributed by atoms with Crippen LogP contribution in [0.5, 0.6) is 0 Å². The Labute approximate surface area is 144 Å². The zero-order chi connectivity index (χ0) is 17.8. The van der Waals surface area contributed by atoms with Gasteiger partial charge in [-0.1, -0.05) is 41.6 Å². The van der Waals surface area contributed by atoms with Crippen LogP contribution in [0.25, 0.3) is 0 Å². The van der Waals surface area contributed by atoms with Crippen molar-refractivity contribution >= 4 is 5.97 Å². The average molecular weight is 339 g/mol. The molecule has 4 nitrogen and oxygen atoms in total. The molecule has 0 aliphatic carbocycles. The van der Waals surface area contributed by atoms with Crippen molar-refractivity contribution in [2.24, 2.45) is 0 Å². The molecule has 128 valence electrons. The molecule has 0 saturated heterocycles. The molecule has 1 heterocycles. The Morgan fingerprint density at radius 2 is 1.52 bits per heavy atom. The molecule has 0 amide bonds. The molecule has 1 N–H and O–H groups in total. The highest BCUT2D eigenvalue weighted by Crippen LogP contribution is 2.19. The van der Waals surface area contributed by atoms with Gasteiger partial charge in [-0.25, -0.2) is 9.18 Å². The lowest BCUT2D eigenvalue weighted by Crippen LogP contribution is -2.02. The van der Waals surface area contributed by atoms with E-state index >= 15 is 0 Å². The minimum atomic E-state index is -1.08. The second kappa shape index (κ2) is 7.30. The summed E-state index contributed by atoms with van der Waals surface area (Å²) < 4.78 is 17.9. The van der Waals surface area contributed by atoms with Crippen LogP contribution in [0.4, 0.5) is 4.39 Å². The molecule has 2 aromatic carbocycles. The predicted octanol–water partition coefficient (Wildman–Crippen LogP) is 4.20. The van der Waals surface area contributed by atoms with Crippen molar-refractivity contribution in [2.45, 2.75) is 26.2 Å². The highest BCUT2D eigenvalue weighted by atomic mass is 19.1. The van der Waals surface area contributed by atoms with Gasteiger partial charge in [0.1, 0.15) is 11.6 Å². The Bertz CT molecular complexity index is 867. The summed E-state index contributed by atoms with van der Waals surface area (Å²) in [5, 5.41) is 12.7. The van der Waals surface area contributed by atoms with Crippen LogP contribution in [0, 0.1) is 12.7 Å². The van der Waals surface area contributed by atoms with Crippen molar-refractivity contribution in [3.05, 3.63) is 88.1 Å². The lowest BCUT2D eigenvalue weighted by atomic mass is 9.99. The summed E-state index contributed by atoms with van der Waals surface area (Å²) in [5.41, 5.74) is 3.84. The van der Waals surface area contributed by atoms with Crippen LogP contribution in [0.2, 0.25) is 0 Å². The molecule has 1 aromatic heterocycles. The Morgan fingerprint density at radius 1 is 1.00 bits per heavy atom. The Balaban J connectivity index is 1.65. The van der Waals surface area contributed by atoms with E-state index in [2.05, 4.69) is 5.16 Å². The van der Waals surface area contributed by atoms with Crippen LogP contribution < -0.4 is 0 Å². The fourth-order valence-electron chi connectivity index (χ4n) is 2.74. The second-order valence-corrected chi connectivity index (χ2v) is 5.99. The number of hydrogen-bond acceptors (Lipinski definition) is 3. The largest absolute Gasteiger partial charge is 0.476 e. The number of nitrogens with zero attached hydrogens (tertiary/aromatic N) is 1. The van der Waals surface area contributed by atoms with Crippen LogP contribution in [0.1, 0.15) is 38.5 Å². The summed E-state index contributed by atoms with van der Waals surface area (Å²) in [6.07, 6.45) is 2.17. The lowest BCUT2D eigenvalue weighted by molar-refractivity contribution is 0.0685. The summed E-state index contributed by atoms with van der Waals surface area (Å²) in [7, 11) is 0. The summed E-state index contributed by atoms with van der Waals surface area (Å²) >= 11 is 0. The molecule has 0 unspecified atom stereocenters. The van der Waals surface area contributed by atoms with Gasteiger partial charge in [-0.15, -0.1) is 0 Å². The van der Waals surface area contributed by atoms with E-state index in [0.717, 1.165) is 24.0 Å². The van der Waals surface area contributed by atoms with Crippen LogP contribution in [0.15, 0.2) is 53.1 Å². The van der Waals surface area contributed by atoms with Crippen LogP contribution >= 0.6 is 0 Å². The molecule has 0 atom stereocenters.